The number of rotatable bonds is 6. The average molecular weight is 498 g/mol. The number of carboxylic acid groups (broad SMARTS) is 1. The molecule has 1 saturated heterocycles. The van der Waals surface area contributed by atoms with Gasteiger partial charge in [0, 0.05) is 24.7 Å². The fraction of sp³-hybridized carbons (Fsp3) is 0.423. The van der Waals surface area contributed by atoms with Crippen molar-refractivity contribution in [1.29, 1.82) is 0 Å². The zero-order chi connectivity index (χ0) is 25.9. The first-order chi connectivity index (χ1) is 17.1. The van der Waals surface area contributed by atoms with Crippen molar-refractivity contribution in [3.63, 3.8) is 0 Å². The second kappa shape index (κ2) is 10.3. The number of hydrogen-bond donors (Lipinski definition) is 1. The Morgan fingerprint density at radius 2 is 2.08 bits per heavy atom. The number of ether oxygens (including phenoxy) is 4. The largest absolute Gasteiger partial charge is 0.488 e. The predicted octanol–water partition coefficient (Wildman–Crippen LogP) is 4.57. The number of aromatic nitrogens is 1. The zero-order valence-electron chi connectivity index (χ0n) is 20.9. The lowest BCUT2D eigenvalue weighted by Crippen LogP contribution is -2.36. The third-order valence-electron chi connectivity index (χ3n) is 5.75. The van der Waals surface area contributed by atoms with E-state index in [9.17, 15) is 14.7 Å². The maximum atomic E-state index is 12.4. The van der Waals surface area contributed by atoms with Crippen molar-refractivity contribution in [1.82, 2.24) is 9.88 Å². The van der Waals surface area contributed by atoms with Crippen LogP contribution in [0.3, 0.4) is 0 Å². The van der Waals surface area contributed by atoms with E-state index in [-0.39, 0.29) is 23.6 Å². The van der Waals surface area contributed by atoms with E-state index in [1.807, 2.05) is 32.9 Å². The normalized spacial score (nSPS) is 19.7. The van der Waals surface area contributed by atoms with Crippen LogP contribution in [0.4, 0.5) is 10.5 Å². The minimum Gasteiger partial charge on any atom is -0.488 e. The first kappa shape index (κ1) is 25.2. The lowest BCUT2D eigenvalue weighted by atomic mass is 10.0. The highest BCUT2D eigenvalue weighted by molar-refractivity contribution is 5.91. The molecule has 3 heterocycles. The number of hydrogen-bond acceptors (Lipinski definition) is 8. The Balaban J connectivity index is 1.52. The van der Waals surface area contributed by atoms with Crippen LogP contribution in [0.1, 0.15) is 50.4 Å². The molecule has 192 valence electrons. The summed E-state index contributed by atoms with van der Waals surface area (Å²) in [6.07, 6.45) is 12.2. The summed E-state index contributed by atoms with van der Waals surface area (Å²) in [5.74, 6) is 0.195. The van der Waals surface area contributed by atoms with E-state index in [0.29, 0.717) is 43.1 Å². The van der Waals surface area contributed by atoms with Crippen LogP contribution in [0.5, 0.6) is 5.88 Å². The van der Waals surface area contributed by atoms with E-state index in [2.05, 4.69) is 4.98 Å². The third-order valence-corrected chi connectivity index (χ3v) is 5.75. The first-order valence-corrected chi connectivity index (χ1v) is 11.8. The van der Waals surface area contributed by atoms with Crippen molar-refractivity contribution in [2.75, 3.05) is 25.1 Å². The number of aromatic carboxylic acids is 1. The SMILES string of the molecule is COc1ncc(N2C=COC(C3=C(O[C@H]4CCN(C(=O)OC(C)(C)C)C4)C=CCC3)=C2)cc1C(=O)O. The molecule has 1 aromatic heterocycles. The summed E-state index contributed by atoms with van der Waals surface area (Å²) in [6, 6.07) is 1.49. The van der Waals surface area contributed by atoms with Crippen LogP contribution in [0.25, 0.3) is 0 Å². The van der Waals surface area contributed by atoms with Gasteiger partial charge in [-0.2, -0.15) is 0 Å². The fourth-order valence-corrected chi connectivity index (χ4v) is 4.07. The van der Waals surface area contributed by atoms with E-state index in [0.717, 1.165) is 12.0 Å². The monoisotopic (exact) mass is 497 g/mol. The van der Waals surface area contributed by atoms with Crippen molar-refractivity contribution < 1.29 is 33.6 Å². The molecule has 10 nitrogen and oxygen atoms in total. The van der Waals surface area contributed by atoms with Gasteiger partial charge < -0.3 is 33.9 Å². The summed E-state index contributed by atoms with van der Waals surface area (Å²) in [6.45, 7) is 6.55. The maximum Gasteiger partial charge on any atom is 0.410 e. The van der Waals surface area contributed by atoms with Crippen LogP contribution < -0.4 is 9.64 Å². The van der Waals surface area contributed by atoms with E-state index < -0.39 is 11.6 Å². The Labute approximate surface area is 210 Å². The Hall–Kier alpha value is -3.95. The molecule has 36 heavy (non-hydrogen) atoms. The Kier molecular flexibility index (Phi) is 7.23. The van der Waals surface area contributed by atoms with Gasteiger partial charge in [-0.05, 0) is 45.8 Å². The van der Waals surface area contributed by atoms with Gasteiger partial charge in [0.15, 0.2) is 0 Å². The highest BCUT2D eigenvalue weighted by Crippen LogP contribution is 2.33. The molecule has 3 aliphatic rings. The number of allylic oxidation sites excluding steroid dienone is 3. The number of nitrogens with zero attached hydrogens (tertiary/aromatic N) is 3. The molecule has 1 fully saturated rings. The highest BCUT2D eigenvalue weighted by Gasteiger charge is 2.32. The van der Waals surface area contributed by atoms with Gasteiger partial charge in [0.1, 0.15) is 35.0 Å². The number of carbonyl (C=O) groups excluding carboxylic acids is 1. The van der Waals surface area contributed by atoms with Gasteiger partial charge in [-0.15, -0.1) is 0 Å². The number of amides is 1. The van der Waals surface area contributed by atoms with Crippen LogP contribution in [0.15, 0.2) is 60.2 Å². The predicted molar refractivity (Wildman–Crippen MR) is 131 cm³/mol. The highest BCUT2D eigenvalue weighted by atomic mass is 16.6. The molecule has 1 N–H and O–H groups in total. The second-order valence-electron chi connectivity index (χ2n) is 9.60. The number of pyridine rings is 1. The van der Waals surface area contributed by atoms with Gasteiger partial charge >= 0.3 is 12.1 Å². The summed E-state index contributed by atoms with van der Waals surface area (Å²) in [7, 11) is 1.38. The van der Waals surface area contributed by atoms with Gasteiger partial charge in [0.2, 0.25) is 5.88 Å². The molecule has 10 heteroatoms. The number of anilines is 1. The van der Waals surface area contributed by atoms with Crippen LogP contribution >= 0.6 is 0 Å². The standard InChI is InChI=1S/C26H31N3O7/c1-26(2,3)36-25(32)29-10-9-18(15-29)35-21-8-6-5-7-19(21)22-16-28(11-12-34-22)17-13-20(24(30)31)23(33-4)27-14-17/h6,8,11-14,16,18H,5,7,9-10,15H2,1-4H3,(H,30,31)/t18-/m0/s1. The molecular formula is C26H31N3O7. The summed E-state index contributed by atoms with van der Waals surface area (Å²) < 4.78 is 22.7. The molecule has 1 amide bonds. The number of likely N-dealkylation sites (tertiary alicyclic amines) is 1. The van der Waals surface area contributed by atoms with E-state index in [1.165, 1.54) is 25.6 Å². The Bertz CT molecular complexity index is 1150. The number of carboxylic acids is 1. The van der Waals surface area contributed by atoms with Crippen molar-refractivity contribution in [3.8, 4) is 5.88 Å². The number of carbonyl (C=O) groups is 2. The van der Waals surface area contributed by atoms with Crippen molar-refractivity contribution >= 4 is 17.7 Å². The molecule has 4 rings (SSSR count). The van der Waals surface area contributed by atoms with E-state index in [4.69, 9.17) is 18.9 Å². The Morgan fingerprint density at radius 1 is 1.28 bits per heavy atom. The van der Waals surface area contributed by atoms with Crippen LogP contribution in [-0.4, -0.2) is 59.0 Å². The average Bonchev–Trinajstić information content (AvgIpc) is 3.32. The summed E-state index contributed by atoms with van der Waals surface area (Å²) in [5.41, 5.74) is 0.850. The van der Waals surface area contributed by atoms with Gasteiger partial charge in [0.05, 0.1) is 31.7 Å². The molecule has 0 spiro atoms. The fourth-order valence-electron chi connectivity index (χ4n) is 4.07. The van der Waals surface area contributed by atoms with Crippen LogP contribution in [0.2, 0.25) is 0 Å². The van der Waals surface area contributed by atoms with Gasteiger partial charge in [-0.1, -0.05) is 6.08 Å². The smallest absolute Gasteiger partial charge is 0.410 e. The van der Waals surface area contributed by atoms with E-state index in [1.54, 1.807) is 22.2 Å². The second-order valence-corrected chi connectivity index (χ2v) is 9.60. The maximum absolute atomic E-state index is 12.4. The molecule has 0 bridgehead atoms. The van der Waals surface area contributed by atoms with E-state index >= 15 is 0 Å². The molecule has 0 aromatic carbocycles. The summed E-state index contributed by atoms with van der Waals surface area (Å²) >= 11 is 0. The molecular weight excluding hydrogens is 466 g/mol. The van der Waals surface area contributed by atoms with Crippen molar-refractivity contribution in [2.45, 2.75) is 51.7 Å². The third kappa shape index (κ3) is 5.81. The lowest BCUT2D eigenvalue weighted by molar-refractivity contribution is 0.0259. The Morgan fingerprint density at radius 3 is 2.81 bits per heavy atom. The van der Waals surface area contributed by atoms with Gasteiger partial charge in [-0.3, -0.25) is 0 Å². The van der Waals surface area contributed by atoms with Crippen molar-refractivity contribution in [3.05, 3.63) is 65.7 Å². The molecule has 0 unspecified atom stereocenters. The summed E-state index contributed by atoms with van der Waals surface area (Å²) in [4.78, 5) is 31.5. The topological polar surface area (TPSA) is 111 Å². The number of methoxy groups -OCH3 is 1. The molecule has 2 aliphatic heterocycles. The summed E-state index contributed by atoms with van der Waals surface area (Å²) in [5, 5.41) is 9.49. The quantitative estimate of drug-likeness (QED) is 0.604. The molecule has 0 saturated carbocycles. The minimum atomic E-state index is -1.13. The van der Waals surface area contributed by atoms with Gasteiger partial charge in [0.25, 0.3) is 0 Å². The molecule has 1 atom stereocenters. The van der Waals surface area contributed by atoms with Crippen LogP contribution in [-0.2, 0) is 14.2 Å². The molecule has 1 aliphatic carbocycles. The minimum absolute atomic E-state index is 0.0375. The lowest BCUT2D eigenvalue weighted by Gasteiger charge is -2.26. The molecule has 1 aromatic rings. The van der Waals surface area contributed by atoms with Crippen molar-refractivity contribution in [2.24, 2.45) is 0 Å². The van der Waals surface area contributed by atoms with Crippen LogP contribution in [0, 0.1) is 0 Å². The zero-order valence-corrected chi connectivity index (χ0v) is 20.9. The van der Waals surface area contributed by atoms with Gasteiger partial charge in [-0.25, -0.2) is 14.6 Å². The first-order valence-electron chi connectivity index (χ1n) is 11.8. The molecule has 0 radical (unpaired) electrons.